The highest BCUT2D eigenvalue weighted by atomic mass is 32.2. The van der Waals surface area contributed by atoms with Crippen LogP contribution in [0.5, 0.6) is 0 Å². The number of sulfonamides is 1. The largest absolute Gasteiger partial charge is 0.468 e. The third-order valence-electron chi connectivity index (χ3n) is 3.49. The van der Waals surface area contributed by atoms with E-state index in [0.29, 0.717) is 11.5 Å². The van der Waals surface area contributed by atoms with Gasteiger partial charge in [-0.15, -0.1) is 0 Å². The molecule has 0 atom stereocenters. The second-order valence-electron chi connectivity index (χ2n) is 5.33. The van der Waals surface area contributed by atoms with E-state index >= 15 is 0 Å². The maximum absolute atomic E-state index is 12.2. The van der Waals surface area contributed by atoms with Gasteiger partial charge in [0.2, 0.25) is 10.0 Å². The summed E-state index contributed by atoms with van der Waals surface area (Å²) in [7, 11) is -3.71. The van der Waals surface area contributed by atoms with Gasteiger partial charge >= 0.3 is 5.97 Å². The SMILES string of the molecule is O=C(OCc1ccccn1)c1ccc(S(=O)(=O)NCc2ccco2)cc1. The van der Waals surface area contributed by atoms with Crippen molar-refractivity contribution in [3.8, 4) is 0 Å². The summed E-state index contributed by atoms with van der Waals surface area (Å²) in [4.78, 5) is 16.1. The molecule has 1 aromatic carbocycles. The molecular formula is C18H16N2O5S. The molecule has 0 unspecified atom stereocenters. The molecule has 0 saturated carbocycles. The number of hydrogen-bond donors (Lipinski definition) is 1. The van der Waals surface area contributed by atoms with Crippen LogP contribution in [-0.4, -0.2) is 19.4 Å². The van der Waals surface area contributed by atoms with Gasteiger partial charge in [-0.25, -0.2) is 17.9 Å². The molecule has 1 N–H and O–H groups in total. The molecule has 134 valence electrons. The van der Waals surface area contributed by atoms with Crippen LogP contribution in [-0.2, 0) is 27.9 Å². The summed E-state index contributed by atoms with van der Waals surface area (Å²) in [5.74, 6) is -0.0496. The molecule has 0 fully saturated rings. The van der Waals surface area contributed by atoms with Crippen molar-refractivity contribution >= 4 is 16.0 Å². The van der Waals surface area contributed by atoms with Crippen LogP contribution in [0.3, 0.4) is 0 Å². The van der Waals surface area contributed by atoms with Crippen LogP contribution < -0.4 is 4.72 Å². The highest BCUT2D eigenvalue weighted by Crippen LogP contribution is 2.13. The number of aromatic nitrogens is 1. The molecule has 0 bridgehead atoms. The van der Waals surface area contributed by atoms with Gasteiger partial charge in [0.15, 0.2) is 0 Å². The zero-order valence-electron chi connectivity index (χ0n) is 13.7. The number of furan rings is 1. The van der Waals surface area contributed by atoms with Crippen molar-refractivity contribution in [2.45, 2.75) is 18.0 Å². The highest BCUT2D eigenvalue weighted by molar-refractivity contribution is 7.89. The molecule has 0 saturated heterocycles. The third kappa shape index (κ3) is 4.56. The Hall–Kier alpha value is -2.97. The Balaban J connectivity index is 1.61. The van der Waals surface area contributed by atoms with Gasteiger partial charge in [-0.2, -0.15) is 0 Å². The summed E-state index contributed by atoms with van der Waals surface area (Å²) in [6.45, 7) is 0.0909. The van der Waals surface area contributed by atoms with Crippen molar-refractivity contribution in [1.82, 2.24) is 9.71 Å². The minimum absolute atomic E-state index is 0.0448. The number of esters is 1. The van der Waals surface area contributed by atoms with Crippen LogP contribution in [0.2, 0.25) is 0 Å². The third-order valence-corrected chi connectivity index (χ3v) is 4.91. The Morgan fingerprint density at radius 2 is 1.88 bits per heavy atom. The van der Waals surface area contributed by atoms with Gasteiger partial charge in [-0.1, -0.05) is 6.07 Å². The molecule has 2 aromatic heterocycles. The maximum Gasteiger partial charge on any atom is 0.338 e. The van der Waals surface area contributed by atoms with E-state index < -0.39 is 16.0 Å². The fourth-order valence-corrected chi connectivity index (χ4v) is 3.13. The molecular weight excluding hydrogens is 356 g/mol. The van der Waals surface area contributed by atoms with Crippen molar-refractivity contribution in [1.29, 1.82) is 0 Å². The summed E-state index contributed by atoms with van der Waals surface area (Å²) < 4.78 is 37.2. The number of pyridine rings is 1. The molecule has 0 radical (unpaired) electrons. The molecule has 26 heavy (non-hydrogen) atoms. The molecule has 0 aliphatic rings. The molecule has 3 aromatic rings. The average molecular weight is 372 g/mol. The van der Waals surface area contributed by atoms with Crippen molar-refractivity contribution in [3.05, 3.63) is 84.1 Å². The zero-order chi connectivity index (χ0) is 18.4. The summed E-state index contributed by atoms with van der Waals surface area (Å²) in [6, 6.07) is 14.2. The number of hydrogen-bond acceptors (Lipinski definition) is 6. The Labute approximate surface area is 150 Å². The van der Waals surface area contributed by atoms with E-state index in [-0.39, 0.29) is 23.6 Å². The molecule has 0 aliphatic heterocycles. The lowest BCUT2D eigenvalue weighted by molar-refractivity contribution is 0.0467. The van der Waals surface area contributed by atoms with Gasteiger partial charge in [-0.05, 0) is 48.5 Å². The van der Waals surface area contributed by atoms with Gasteiger partial charge < -0.3 is 9.15 Å². The lowest BCUT2D eigenvalue weighted by Crippen LogP contribution is -2.23. The molecule has 0 spiro atoms. The normalized spacial score (nSPS) is 11.2. The number of nitrogens with one attached hydrogen (secondary N) is 1. The van der Waals surface area contributed by atoms with E-state index in [0.717, 1.165) is 0 Å². The average Bonchev–Trinajstić information content (AvgIpc) is 3.19. The lowest BCUT2D eigenvalue weighted by Gasteiger charge is -2.07. The molecule has 2 heterocycles. The first-order chi connectivity index (χ1) is 12.5. The molecule has 7 nitrogen and oxygen atoms in total. The second kappa shape index (κ2) is 7.94. The van der Waals surface area contributed by atoms with Crippen molar-refractivity contribution in [2.24, 2.45) is 0 Å². The van der Waals surface area contributed by atoms with Gasteiger partial charge in [0.1, 0.15) is 12.4 Å². The number of carbonyl (C=O) groups is 1. The van der Waals surface area contributed by atoms with E-state index in [1.807, 2.05) is 0 Å². The first kappa shape index (κ1) is 17.8. The van der Waals surface area contributed by atoms with Gasteiger partial charge in [0.05, 0.1) is 29.0 Å². The number of benzene rings is 1. The summed E-state index contributed by atoms with van der Waals surface area (Å²) in [5, 5.41) is 0. The van der Waals surface area contributed by atoms with Crippen molar-refractivity contribution in [2.75, 3.05) is 0 Å². The van der Waals surface area contributed by atoms with E-state index in [1.54, 1.807) is 36.5 Å². The zero-order valence-corrected chi connectivity index (χ0v) is 14.5. The fraction of sp³-hybridized carbons (Fsp3) is 0.111. The molecule has 3 rings (SSSR count). The van der Waals surface area contributed by atoms with Crippen LogP contribution in [0.1, 0.15) is 21.8 Å². The van der Waals surface area contributed by atoms with Crippen LogP contribution in [0.4, 0.5) is 0 Å². The predicted molar refractivity (Wildman–Crippen MR) is 92.5 cm³/mol. The molecule has 0 amide bonds. The van der Waals surface area contributed by atoms with Crippen LogP contribution in [0.15, 0.2) is 76.4 Å². The van der Waals surface area contributed by atoms with Crippen molar-refractivity contribution < 1.29 is 22.4 Å². The standard InChI is InChI=1S/C18H16N2O5S/c21-18(25-13-15-4-1-2-10-19-15)14-6-8-17(9-7-14)26(22,23)20-12-16-5-3-11-24-16/h1-11,20H,12-13H2. The Bertz CT molecular complexity index is 953. The summed E-state index contributed by atoms with van der Waals surface area (Å²) >= 11 is 0. The first-order valence-electron chi connectivity index (χ1n) is 7.74. The smallest absolute Gasteiger partial charge is 0.338 e. The minimum atomic E-state index is -3.71. The number of carbonyl (C=O) groups excluding carboxylic acids is 1. The molecule has 0 aliphatic carbocycles. The van der Waals surface area contributed by atoms with Crippen LogP contribution in [0.25, 0.3) is 0 Å². The van der Waals surface area contributed by atoms with E-state index in [1.165, 1.54) is 30.5 Å². The van der Waals surface area contributed by atoms with Crippen LogP contribution in [0, 0.1) is 0 Å². The molecule has 8 heteroatoms. The van der Waals surface area contributed by atoms with Crippen molar-refractivity contribution in [3.63, 3.8) is 0 Å². The van der Waals surface area contributed by atoms with Gasteiger partial charge in [0, 0.05) is 6.20 Å². The van der Waals surface area contributed by atoms with E-state index in [2.05, 4.69) is 9.71 Å². The lowest BCUT2D eigenvalue weighted by atomic mass is 10.2. The number of nitrogens with zero attached hydrogens (tertiary/aromatic N) is 1. The van der Waals surface area contributed by atoms with E-state index in [4.69, 9.17) is 9.15 Å². The predicted octanol–water partition coefficient (Wildman–Crippen LogP) is 2.51. The second-order valence-corrected chi connectivity index (χ2v) is 7.09. The topological polar surface area (TPSA) is 98.5 Å². The maximum atomic E-state index is 12.2. The monoisotopic (exact) mass is 372 g/mol. The summed E-state index contributed by atoms with van der Waals surface area (Å²) in [5.41, 5.74) is 0.882. The Kier molecular flexibility index (Phi) is 5.45. The van der Waals surface area contributed by atoms with Gasteiger partial charge in [0.25, 0.3) is 0 Å². The van der Waals surface area contributed by atoms with Crippen LogP contribution >= 0.6 is 0 Å². The Morgan fingerprint density at radius 3 is 2.54 bits per heavy atom. The number of ether oxygens (including phenoxy) is 1. The number of rotatable bonds is 7. The van der Waals surface area contributed by atoms with Gasteiger partial charge in [-0.3, -0.25) is 4.98 Å². The van der Waals surface area contributed by atoms with E-state index in [9.17, 15) is 13.2 Å². The summed E-state index contributed by atoms with van der Waals surface area (Å²) in [6.07, 6.45) is 3.08. The highest BCUT2D eigenvalue weighted by Gasteiger charge is 2.16. The Morgan fingerprint density at radius 1 is 1.08 bits per heavy atom. The quantitative estimate of drug-likeness (QED) is 0.640. The fourth-order valence-electron chi connectivity index (χ4n) is 2.14. The minimum Gasteiger partial charge on any atom is -0.468 e. The first-order valence-corrected chi connectivity index (χ1v) is 9.22.